The van der Waals surface area contributed by atoms with Crippen LogP contribution in [0.4, 0.5) is 0 Å². The number of hydrogen-bond acceptors (Lipinski definition) is 4. The molecule has 0 aliphatic heterocycles. The molecule has 6 heteroatoms. The lowest BCUT2D eigenvalue weighted by Crippen LogP contribution is -2.29. The normalized spacial score (nSPS) is 10.8. The number of imidazole rings is 1. The molecule has 3 aromatic rings. The maximum absolute atomic E-state index is 12.9. The van der Waals surface area contributed by atoms with Crippen LogP contribution in [0.2, 0.25) is 0 Å². The molecule has 2 aromatic heterocycles. The summed E-state index contributed by atoms with van der Waals surface area (Å²) in [6.45, 7) is 2.67. The first-order chi connectivity index (χ1) is 11.6. The van der Waals surface area contributed by atoms with Crippen molar-refractivity contribution in [3.05, 3.63) is 58.3 Å². The molecule has 0 aliphatic rings. The van der Waals surface area contributed by atoms with Gasteiger partial charge in [0, 0.05) is 49.9 Å². The second kappa shape index (κ2) is 6.97. The van der Waals surface area contributed by atoms with Gasteiger partial charge in [-0.05, 0) is 13.0 Å². The SMILES string of the molecule is Cc1ncsc1CCN(C)C(=O)c1ccccc1-c1nccn1C. The summed E-state index contributed by atoms with van der Waals surface area (Å²) in [6, 6.07) is 7.62. The van der Waals surface area contributed by atoms with E-state index in [1.54, 1.807) is 22.4 Å². The molecule has 0 atom stereocenters. The van der Waals surface area contributed by atoms with Gasteiger partial charge < -0.3 is 9.47 Å². The Bertz CT molecular complexity index is 852. The molecule has 0 fully saturated rings. The number of aryl methyl sites for hydroxylation is 2. The molecule has 0 saturated heterocycles. The van der Waals surface area contributed by atoms with Crippen molar-refractivity contribution in [2.24, 2.45) is 7.05 Å². The molecule has 24 heavy (non-hydrogen) atoms. The summed E-state index contributed by atoms with van der Waals surface area (Å²) in [7, 11) is 3.77. The second-order valence-electron chi connectivity index (χ2n) is 5.74. The minimum Gasteiger partial charge on any atom is -0.341 e. The van der Waals surface area contributed by atoms with Gasteiger partial charge in [-0.3, -0.25) is 4.79 Å². The van der Waals surface area contributed by atoms with Gasteiger partial charge in [-0.15, -0.1) is 11.3 Å². The number of rotatable bonds is 5. The number of likely N-dealkylation sites (N-methyl/N-ethyl adjacent to an activating group) is 1. The number of amides is 1. The van der Waals surface area contributed by atoms with Crippen molar-refractivity contribution in [3.63, 3.8) is 0 Å². The van der Waals surface area contributed by atoms with Crippen LogP contribution in [0.15, 0.2) is 42.2 Å². The van der Waals surface area contributed by atoms with Crippen LogP contribution < -0.4 is 0 Å². The standard InChI is InChI=1S/C18H20N4OS/c1-13-16(24-12-20-13)8-10-22(3)18(23)15-7-5-4-6-14(15)17-19-9-11-21(17)2/h4-7,9,11-12H,8,10H2,1-3H3. The third kappa shape index (κ3) is 3.23. The maximum atomic E-state index is 12.9. The molecule has 0 aliphatic carbocycles. The summed E-state index contributed by atoms with van der Waals surface area (Å²) in [5.41, 5.74) is 4.43. The maximum Gasteiger partial charge on any atom is 0.254 e. The van der Waals surface area contributed by atoms with E-state index in [9.17, 15) is 4.79 Å². The van der Waals surface area contributed by atoms with Crippen LogP contribution in [0.25, 0.3) is 11.4 Å². The van der Waals surface area contributed by atoms with Gasteiger partial charge in [0.05, 0.1) is 16.8 Å². The predicted octanol–water partition coefficient (Wildman–Crippen LogP) is 3.17. The topological polar surface area (TPSA) is 51.0 Å². The van der Waals surface area contributed by atoms with Crippen LogP contribution in [0.1, 0.15) is 20.9 Å². The molecule has 0 N–H and O–H groups in total. The van der Waals surface area contributed by atoms with E-state index >= 15 is 0 Å². The monoisotopic (exact) mass is 340 g/mol. The van der Waals surface area contributed by atoms with Crippen molar-refractivity contribution in [2.75, 3.05) is 13.6 Å². The van der Waals surface area contributed by atoms with E-state index in [1.807, 2.05) is 61.6 Å². The summed E-state index contributed by atoms with van der Waals surface area (Å²) >= 11 is 1.64. The van der Waals surface area contributed by atoms with Crippen molar-refractivity contribution >= 4 is 17.2 Å². The first-order valence-corrected chi connectivity index (χ1v) is 8.67. The summed E-state index contributed by atoms with van der Waals surface area (Å²) in [6.07, 6.45) is 4.45. The Kier molecular flexibility index (Phi) is 4.76. The fourth-order valence-corrected chi connectivity index (χ4v) is 3.40. The lowest BCUT2D eigenvalue weighted by atomic mass is 10.1. The Hall–Kier alpha value is -2.47. The van der Waals surface area contributed by atoms with Crippen molar-refractivity contribution in [2.45, 2.75) is 13.3 Å². The highest BCUT2D eigenvalue weighted by Crippen LogP contribution is 2.23. The number of aromatic nitrogens is 3. The molecule has 0 spiro atoms. The zero-order valence-corrected chi connectivity index (χ0v) is 14.9. The number of nitrogens with zero attached hydrogens (tertiary/aromatic N) is 4. The largest absolute Gasteiger partial charge is 0.341 e. The summed E-state index contributed by atoms with van der Waals surface area (Å²) in [5, 5.41) is 0. The van der Waals surface area contributed by atoms with Crippen molar-refractivity contribution < 1.29 is 4.79 Å². The molecule has 0 unspecified atom stereocenters. The molecule has 0 radical (unpaired) electrons. The van der Waals surface area contributed by atoms with Crippen LogP contribution in [0.5, 0.6) is 0 Å². The fraction of sp³-hybridized carbons (Fsp3) is 0.278. The molecule has 0 saturated carbocycles. The minimum absolute atomic E-state index is 0.00997. The molecule has 3 rings (SSSR count). The highest BCUT2D eigenvalue weighted by Gasteiger charge is 2.18. The number of benzene rings is 1. The summed E-state index contributed by atoms with van der Waals surface area (Å²) in [4.78, 5) is 24.5. The lowest BCUT2D eigenvalue weighted by molar-refractivity contribution is 0.0797. The zero-order valence-electron chi connectivity index (χ0n) is 14.1. The third-order valence-corrected chi connectivity index (χ3v) is 5.08. The van der Waals surface area contributed by atoms with Crippen LogP contribution in [0, 0.1) is 6.92 Å². The minimum atomic E-state index is 0.00997. The van der Waals surface area contributed by atoms with E-state index in [0.29, 0.717) is 12.1 Å². The highest BCUT2D eigenvalue weighted by molar-refractivity contribution is 7.09. The van der Waals surface area contributed by atoms with E-state index in [4.69, 9.17) is 0 Å². The van der Waals surface area contributed by atoms with E-state index in [2.05, 4.69) is 9.97 Å². The van der Waals surface area contributed by atoms with E-state index in [1.165, 1.54) is 4.88 Å². The van der Waals surface area contributed by atoms with Crippen molar-refractivity contribution in [1.29, 1.82) is 0 Å². The Morgan fingerprint density at radius 3 is 2.75 bits per heavy atom. The van der Waals surface area contributed by atoms with Gasteiger partial charge in [0.25, 0.3) is 5.91 Å². The summed E-state index contributed by atoms with van der Waals surface area (Å²) < 4.78 is 1.92. The lowest BCUT2D eigenvalue weighted by Gasteiger charge is -2.19. The van der Waals surface area contributed by atoms with Gasteiger partial charge in [0.2, 0.25) is 0 Å². The molecule has 2 heterocycles. The Balaban J connectivity index is 1.80. The zero-order chi connectivity index (χ0) is 17.1. The molecular formula is C18H20N4OS. The van der Waals surface area contributed by atoms with Gasteiger partial charge in [-0.2, -0.15) is 0 Å². The molecule has 1 amide bonds. The van der Waals surface area contributed by atoms with Crippen molar-refractivity contribution in [1.82, 2.24) is 19.4 Å². The highest BCUT2D eigenvalue weighted by atomic mass is 32.1. The molecular weight excluding hydrogens is 320 g/mol. The number of thiazole rings is 1. The van der Waals surface area contributed by atoms with Crippen LogP contribution in [0.3, 0.4) is 0 Å². The molecule has 5 nitrogen and oxygen atoms in total. The first kappa shape index (κ1) is 16.4. The number of carbonyl (C=O) groups is 1. The Morgan fingerprint density at radius 2 is 2.08 bits per heavy atom. The van der Waals surface area contributed by atoms with Gasteiger partial charge in [-0.25, -0.2) is 9.97 Å². The Labute approximate surface area is 145 Å². The predicted molar refractivity (Wildman–Crippen MR) is 96.2 cm³/mol. The third-order valence-electron chi connectivity index (χ3n) is 4.09. The Morgan fingerprint density at radius 1 is 1.29 bits per heavy atom. The average molecular weight is 340 g/mol. The summed E-state index contributed by atoms with van der Waals surface area (Å²) in [5.74, 6) is 0.807. The van der Waals surface area contributed by atoms with Gasteiger partial charge in [0.15, 0.2) is 0 Å². The molecule has 124 valence electrons. The quantitative estimate of drug-likeness (QED) is 0.717. The van der Waals surface area contributed by atoms with Gasteiger partial charge in [-0.1, -0.05) is 18.2 Å². The smallest absolute Gasteiger partial charge is 0.254 e. The number of hydrogen-bond donors (Lipinski definition) is 0. The van der Waals surface area contributed by atoms with Crippen LogP contribution >= 0.6 is 11.3 Å². The molecule has 1 aromatic carbocycles. The first-order valence-electron chi connectivity index (χ1n) is 7.79. The van der Waals surface area contributed by atoms with E-state index < -0.39 is 0 Å². The van der Waals surface area contributed by atoms with Crippen LogP contribution in [-0.4, -0.2) is 38.9 Å². The van der Waals surface area contributed by atoms with E-state index in [-0.39, 0.29) is 5.91 Å². The number of carbonyl (C=O) groups excluding carboxylic acids is 1. The molecule has 0 bridgehead atoms. The fourth-order valence-electron chi connectivity index (χ4n) is 2.63. The van der Waals surface area contributed by atoms with Gasteiger partial charge in [0.1, 0.15) is 5.82 Å². The average Bonchev–Trinajstić information content (AvgIpc) is 3.20. The van der Waals surface area contributed by atoms with Crippen LogP contribution in [-0.2, 0) is 13.5 Å². The second-order valence-corrected chi connectivity index (χ2v) is 6.68. The van der Waals surface area contributed by atoms with Crippen molar-refractivity contribution in [3.8, 4) is 11.4 Å². The van der Waals surface area contributed by atoms with E-state index in [0.717, 1.165) is 23.5 Å². The van der Waals surface area contributed by atoms with Gasteiger partial charge >= 0.3 is 0 Å².